The molecule has 19 heavy (non-hydrogen) atoms. The van der Waals surface area contributed by atoms with Gasteiger partial charge in [-0.2, -0.15) is 0 Å². The SMILES string of the molecule is Cc1cccc(Sc2cc(C(N)=O)c(N)cc2F)c1. The van der Waals surface area contributed by atoms with Crippen molar-refractivity contribution < 1.29 is 9.18 Å². The Bertz CT molecular complexity index is 643. The Morgan fingerprint density at radius 2 is 2.00 bits per heavy atom. The summed E-state index contributed by atoms with van der Waals surface area (Å²) in [6, 6.07) is 10.2. The number of primary amides is 1. The van der Waals surface area contributed by atoms with E-state index in [1.807, 2.05) is 31.2 Å². The van der Waals surface area contributed by atoms with E-state index in [1.54, 1.807) is 0 Å². The lowest BCUT2D eigenvalue weighted by Gasteiger charge is -2.08. The van der Waals surface area contributed by atoms with Gasteiger partial charge >= 0.3 is 0 Å². The molecule has 0 aliphatic carbocycles. The van der Waals surface area contributed by atoms with Crippen LogP contribution in [0.4, 0.5) is 10.1 Å². The van der Waals surface area contributed by atoms with Crippen LogP contribution in [0.1, 0.15) is 15.9 Å². The standard InChI is InChI=1S/C14H13FN2OS/c1-8-3-2-4-9(5-8)19-13-6-10(14(17)18)12(16)7-11(13)15/h2-7H,16H2,1H3,(H2,17,18). The Morgan fingerprint density at radius 3 is 2.63 bits per heavy atom. The fraction of sp³-hybridized carbons (Fsp3) is 0.0714. The number of hydrogen-bond acceptors (Lipinski definition) is 3. The first kappa shape index (κ1) is 13.4. The van der Waals surface area contributed by atoms with Crippen LogP contribution in [-0.2, 0) is 0 Å². The van der Waals surface area contributed by atoms with Gasteiger partial charge in [-0.3, -0.25) is 4.79 Å². The fourth-order valence-electron chi connectivity index (χ4n) is 1.67. The van der Waals surface area contributed by atoms with Crippen LogP contribution in [0.2, 0.25) is 0 Å². The molecule has 98 valence electrons. The van der Waals surface area contributed by atoms with Gasteiger partial charge in [-0.15, -0.1) is 0 Å². The highest BCUT2D eigenvalue weighted by molar-refractivity contribution is 7.99. The molecule has 0 saturated heterocycles. The number of rotatable bonds is 3. The zero-order valence-electron chi connectivity index (χ0n) is 10.3. The maximum absolute atomic E-state index is 13.8. The van der Waals surface area contributed by atoms with Crippen LogP contribution < -0.4 is 11.5 Å². The average molecular weight is 276 g/mol. The number of anilines is 1. The first-order valence-corrected chi connectivity index (χ1v) is 6.42. The van der Waals surface area contributed by atoms with E-state index in [0.29, 0.717) is 4.90 Å². The highest BCUT2D eigenvalue weighted by Crippen LogP contribution is 2.32. The zero-order chi connectivity index (χ0) is 14.0. The largest absolute Gasteiger partial charge is 0.398 e. The number of aryl methyl sites for hydroxylation is 1. The predicted molar refractivity (Wildman–Crippen MR) is 74.6 cm³/mol. The molecule has 0 heterocycles. The van der Waals surface area contributed by atoms with Gasteiger partial charge in [-0.25, -0.2) is 4.39 Å². The highest BCUT2D eigenvalue weighted by Gasteiger charge is 2.12. The summed E-state index contributed by atoms with van der Waals surface area (Å²) in [6.45, 7) is 1.96. The van der Waals surface area contributed by atoms with Crippen molar-refractivity contribution in [3.05, 3.63) is 53.3 Å². The first-order chi connectivity index (χ1) is 8.97. The summed E-state index contributed by atoms with van der Waals surface area (Å²) in [5.41, 5.74) is 12.0. The van der Waals surface area contributed by atoms with Crippen LogP contribution in [0.15, 0.2) is 46.2 Å². The number of hydrogen-bond donors (Lipinski definition) is 2. The summed E-state index contributed by atoms with van der Waals surface area (Å²) in [7, 11) is 0. The van der Waals surface area contributed by atoms with Crippen LogP contribution in [0.5, 0.6) is 0 Å². The minimum absolute atomic E-state index is 0.0543. The molecule has 0 aliphatic rings. The van der Waals surface area contributed by atoms with Gasteiger partial charge in [0.25, 0.3) is 5.91 Å². The molecule has 2 rings (SSSR count). The average Bonchev–Trinajstić information content (AvgIpc) is 2.32. The topological polar surface area (TPSA) is 69.1 Å². The molecule has 0 fully saturated rings. The number of amides is 1. The maximum atomic E-state index is 13.8. The minimum atomic E-state index is -0.663. The molecular formula is C14H13FN2OS. The van der Waals surface area contributed by atoms with Gasteiger partial charge in [-0.05, 0) is 31.2 Å². The number of halogens is 1. The molecule has 2 aromatic carbocycles. The van der Waals surface area contributed by atoms with Crippen molar-refractivity contribution >= 4 is 23.4 Å². The van der Waals surface area contributed by atoms with Gasteiger partial charge in [-0.1, -0.05) is 29.5 Å². The van der Waals surface area contributed by atoms with E-state index in [9.17, 15) is 9.18 Å². The predicted octanol–water partition coefficient (Wildman–Crippen LogP) is 2.97. The molecule has 5 heteroatoms. The molecule has 3 nitrogen and oxygen atoms in total. The molecule has 1 amide bonds. The van der Waals surface area contributed by atoms with Crippen LogP contribution in [-0.4, -0.2) is 5.91 Å². The van der Waals surface area contributed by atoms with Crippen molar-refractivity contribution in [1.29, 1.82) is 0 Å². The molecule has 0 spiro atoms. The molecule has 0 saturated carbocycles. The monoisotopic (exact) mass is 276 g/mol. The quantitative estimate of drug-likeness (QED) is 0.847. The molecular weight excluding hydrogens is 263 g/mol. The van der Waals surface area contributed by atoms with Crippen molar-refractivity contribution in [1.82, 2.24) is 0 Å². The van der Waals surface area contributed by atoms with Crippen LogP contribution >= 0.6 is 11.8 Å². The lowest BCUT2D eigenvalue weighted by Crippen LogP contribution is -2.14. The molecule has 2 aromatic rings. The Hall–Kier alpha value is -2.01. The van der Waals surface area contributed by atoms with Crippen LogP contribution in [0.3, 0.4) is 0 Å². The maximum Gasteiger partial charge on any atom is 0.250 e. The fourth-order valence-corrected chi connectivity index (χ4v) is 2.64. The number of nitrogens with two attached hydrogens (primary N) is 2. The molecule has 0 aromatic heterocycles. The molecule has 0 atom stereocenters. The third-order valence-corrected chi connectivity index (χ3v) is 3.61. The summed E-state index contributed by atoms with van der Waals surface area (Å²) in [5.74, 6) is -1.13. The summed E-state index contributed by atoms with van der Waals surface area (Å²) < 4.78 is 13.8. The lowest BCUT2D eigenvalue weighted by molar-refractivity contribution is 0.100. The number of carbonyl (C=O) groups excluding carboxylic acids is 1. The van der Waals surface area contributed by atoms with Crippen molar-refractivity contribution in [2.24, 2.45) is 5.73 Å². The molecule has 0 radical (unpaired) electrons. The van der Waals surface area contributed by atoms with E-state index in [-0.39, 0.29) is 11.3 Å². The summed E-state index contributed by atoms with van der Waals surface area (Å²) >= 11 is 1.23. The molecule has 0 unspecified atom stereocenters. The van der Waals surface area contributed by atoms with Gasteiger partial charge < -0.3 is 11.5 Å². The smallest absolute Gasteiger partial charge is 0.250 e. The highest BCUT2D eigenvalue weighted by atomic mass is 32.2. The van der Waals surface area contributed by atoms with Crippen molar-refractivity contribution in [2.75, 3.05) is 5.73 Å². The van der Waals surface area contributed by atoms with Crippen LogP contribution in [0.25, 0.3) is 0 Å². The van der Waals surface area contributed by atoms with Crippen LogP contribution in [0, 0.1) is 12.7 Å². The Labute approximate surface area is 114 Å². The first-order valence-electron chi connectivity index (χ1n) is 5.60. The normalized spacial score (nSPS) is 10.4. The van der Waals surface area contributed by atoms with Gasteiger partial charge in [0.05, 0.1) is 5.56 Å². The summed E-state index contributed by atoms with van der Waals surface area (Å²) in [4.78, 5) is 12.4. The molecule has 0 bridgehead atoms. The number of benzene rings is 2. The summed E-state index contributed by atoms with van der Waals surface area (Å²) in [5, 5.41) is 0. The van der Waals surface area contributed by atoms with Gasteiger partial charge in [0.15, 0.2) is 0 Å². The van der Waals surface area contributed by atoms with Gasteiger partial charge in [0, 0.05) is 15.5 Å². The van der Waals surface area contributed by atoms with E-state index >= 15 is 0 Å². The van der Waals surface area contributed by atoms with E-state index in [1.165, 1.54) is 17.8 Å². The minimum Gasteiger partial charge on any atom is -0.398 e. The molecule has 0 aliphatic heterocycles. The van der Waals surface area contributed by atoms with Crippen molar-refractivity contribution in [3.8, 4) is 0 Å². The van der Waals surface area contributed by atoms with Crippen molar-refractivity contribution in [2.45, 2.75) is 16.7 Å². The van der Waals surface area contributed by atoms with Gasteiger partial charge in [0.1, 0.15) is 5.82 Å². The zero-order valence-corrected chi connectivity index (χ0v) is 11.1. The summed E-state index contributed by atoms with van der Waals surface area (Å²) in [6.07, 6.45) is 0. The van der Waals surface area contributed by atoms with Gasteiger partial charge in [0.2, 0.25) is 0 Å². The van der Waals surface area contributed by atoms with E-state index in [2.05, 4.69) is 0 Å². The third kappa shape index (κ3) is 3.06. The second kappa shape index (κ2) is 5.32. The second-order valence-corrected chi connectivity index (χ2v) is 5.27. The van der Waals surface area contributed by atoms with E-state index in [0.717, 1.165) is 16.5 Å². The Balaban J connectivity index is 2.40. The van der Waals surface area contributed by atoms with E-state index in [4.69, 9.17) is 11.5 Å². The number of nitrogen functional groups attached to an aromatic ring is 1. The third-order valence-electron chi connectivity index (χ3n) is 2.59. The lowest BCUT2D eigenvalue weighted by atomic mass is 10.1. The number of carbonyl (C=O) groups is 1. The second-order valence-electron chi connectivity index (χ2n) is 4.15. The van der Waals surface area contributed by atoms with E-state index < -0.39 is 11.7 Å². The van der Waals surface area contributed by atoms with Crippen molar-refractivity contribution in [3.63, 3.8) is 0 Å². The Morgan fingerprint density at radius 1 is 1.26 bits per heavy atom. The molecule has 4 N–H and O–H groups in total. The Kier molecular flexibility index (Phi) is 3.76.